The molecule has 3 fully saturated rings. The van der Waals surface area contributed by atoms with Gasteiger partial charge < -0.3 is 23.4 Å². The SMILES string of the molecule is C=C(CCCO[Si](C)(C)C(C)(C)C)[C@H]1C[C@@H]2OC(=O)O[C@]23CC[C@H]([C@@H](OCc2ccc(OC)cc2)C(=O)[C@@H]1C)C3(C)C. The number of benzene rings is 1. The van der Waals surface area contributed by atoms with Crippen LogP contribution >= 0.6 is 0 Å². The minimum absolute atomic E-state index is 0.0913. The minimum Gasteiger partial charge on any atom is -0.497 e. The normalized spacial score (nSPS) is 30.9. The molecular weight excluding hydrogens is 548 g/mol. The van der Waals surface area contributed by atoms with Crippen molar-refractivity contribution in [2.45, 2.75) is 116 Å². The van der Waals surface area contributed by atoms with Crippen LogP contribution in [0, 0.1) is 23.2 Å². The first-order valence-electron chi connectivity index (χ1n) is 15.5. The maximum absolute atomic E-state index is 14.4. The second-order valence-corrected chi connectivity index (χ2v) is 19.5. The van der Waals surface area contributed by atoms with Crippen molar-refractivity contribution in [1.29, 1.82) is 0 Å². The van der Waals surface area contributed by atoms with Crippen molar-refractivity contribution in [1.82, 2.24) is 0 Å². The smallest absolute Gasteiger partial charge is 0.497 e. The Labute approximate surface area is 253 Å². The van der Waals surface area contributed by atoms with Gasteiger partial charge in [0.05, 0.1) is 13.7 Å². The van der Waals surface area contributed by atoms with Gasteiger partial charge in [-0.3, -0.25) is 4.79 Å². The van der Waals surface area contributed by atoms with E-state index >= 15 is 0 Å². The number of carbonyl (C=O) groups excluding carboxylic acids is 2. The molecule has 6 atom stereocenters. The first kappa shape index (κ1) is 32.7. The average molecular weight is 601 g/mol. The van der Waals surface area contributed by atoms with Gasteiger partial charge in [0.2, 0.25) is 0 Å². The molecule has 2 bridgehead atoms. The summed E-state index contributed by atoms with van der Waals surface area (Å²) in [5, 5.41) is 0.149. The van der Waals surface area contributed by atoms with E-state index < -0.39 is 37.7 Å². The monoisotopic (exact) mass is 600 g/mol. The molecule has 1 saturated heterocycles. The van der Waals surface area contributed by atoms with Crippen LogP contribution in [0.4, 0.5) is 4.79 Å². The molecule has 1 heterocycles. The van der Waals surface area contributed by atoms with Crippen molar-refractivity contribution in [3.05, 3.63) is 42.0 Å². The number of Topliss-reactive ketones (excluding diaryl/α,β-unsaturated/α-hetero) is 1. The van der Waals surface area contributed by atoms with E-state index in [1.165, 1.54) is 0 Å². The van der Waals surface area contributed by atoms with Crippen molar-refractivity contribution < 1.29 is 33.0 Å². The van der Waals surface area contributed by atoms with Crippen LogP contribution in [0.2, 0.25) is 18.1 Å². The van der Waals surface area contributed by atoms with Gasteiger partial charge in [-0.15, -0.1) is 0 Å². The van der Waals surface area contributed by atoms with E-state index in [-0.39, 0.29) is 28.6 Å². The average Bonchev–Trinajstić information content (AvgIpc) is 3.39. The van der Waals surface area contributed by atoms with E-state index in [0.29, 0.717) is 26.1 Å². The Morgan fingerprint density at radius 3 is 2.43 bits per heavy atom. The van der Waals surface area contributed by atoms with E-state index in [2.05, 4.69) is 54.3 Å². The lowest BCUT2D eigenvalue weighted by Gasteiger charge is -2.42. The molecule has 0 amide bonds. The number of ketones is 1. The molecule has 1 aromatic carbocycles. The zero-order chi connectivity index (χ0) is 31.1. The molecule has 234 valence electrons. The fourth-order valence-corrected chi connectivity index (χ4v) is 8.18. The number of rotatable bonds is 10. The van der Waals surface area contributed by atoms with Crippen molar-refractivity contribution in [2.75, 3.05) is 13.7 Å². The van der Waals surface area contributed by atoms with Gasteiger partial charge in [-0.1, -0.05) is 65.8 Å². The predicted molar refractivity (Wildman–Crippen MR) is 166 cm³/mol. The molecule has 0 radical (unpaired) electrons. The van der Waals surface area contributed by atoms with Gasteiger partial charge in [0.1, 0.15) is 18.0 Å². The highest BCUT2D eigenvalue weighted by atomic mass is 28.4. The molecule has 1 aromatic rings. The molecule has 2 saturated carbocycles. The highest BCUT2D eigenvalue weighted by molar-refractivity contribution is 6.74. The van der Waals surface area contributed by atoms with E-state index in [0.717, 1.165) is 36.1 Å². The summed E-state index contributed by atoms with van der Waals surface area (Å²) in [7, 11) is -0.208. The highest BCUT2D eigenvalue weighted by Crippen LogP contribution is 2.60. The van der Waals surface area contributed by atoms with Crippen LogP contribution in [0.5, 0.6) is 5.75 Å². The van der Waals surface area contributed by atoms with E-state index in [1.807, 2.05) is 31.2 Å². The largest absolute Gasteiger partial charge is 0.509 e. The van der Waals surface area contributed by atoms with Crippen LogP contribution < -0.4 is 4.74 Å². The van der Waals surface area contributed by atoms with Crippen LogP contribution in [0.25, 0.3) is 0 Å². The summed E-state index contributed by atoms with van der Waals surface area (Å²) in [6.07, 6.45) is 1.78. The third-order valence-electron chi connectivity index (χ3n) is 11.1. The van der Waals surface area contributed by atoms with Crippen molar-refractivity contribution in [3.63, 3.8) is 0 Å². The quantitative estimate of drug-likeness (QED) is 0.117. The second kappa shape index (κ2) is 12.1. The Bertz CT molecular complexity index is 1150. The number of methoxy groups -OCH3 is 1. The summed E-state index contributed by atoms with van der Waals surface area (Å²) < 4.78 is 30.2. The van der Waals surface area contributed by atoms with E-state index in [1.54, 1.807) is 7.11 Å². The molecule has 4 rings (SSSR count). The number of hydrogen-bond donors (Lipinski definition) is 0. The van der Waals surface area contributed by atoms with Gasteiger partial charge in [-0.05, 0) is 73.9 Å². The summed E-state index contributed by atoms with van der Waals surface area (Å²) >= 11 is 0. The molecule has 1 spiro atoms. The molecule has 0 N–H and O–H groups in total. The van der Waals surface area contributed by atoms with Gasteiger partial charge in [-0.2, -0.15) is 0 Å². The molecule has 0 unspecified atom stereocenters. The molecule has 3 aliphatic rings. The molecule has 0 aromatic heterocycles. The third-order valence-corrected chi connectivity index (χ3v) is 15.6. The fourth-order valence-electron chi connectivity index (χ4n) is 7.09. The Morgan fingerprint density at radius 2 is 1.81 bits per heavy atom. The first-order chi connectivity index (χ1) is 19.5. The topological polar surface area (TPSA) is 80.3 Å². The Balaban J connectivity index is 1.57. The third kappa shape index (κ3) is 6.09. The molecule has 2 aliphatic carbocycles. The lowest BCUT2D eigenvalue weighted by atomic mass is 9.67. The van der Waals surface area contributed by atoms with Gasteiger partial charge in [0, 0.05) is 23.9 Å². The van der Waals surface area contributed by atoms with Crippen LogP contribution in [-0.4, -0.2) is 51.8 Å². The van der Waals surface area contributed by atoms with Crippen LogP contribution in [0.15, 0.2) is 36.4 Å². The second-order valence-electron chi connectivity index (χ2n) is 14.7. The number of carbonyl (C=O) groups is 2. The van der Waals surface area contributed by atoms with Gasteiger partial charge in [0.15, 0.2) is 19.7 Å². The van der Waals surface area contributed by atoms with Crippen LogP contribution in [-0.2, 0) is 30.0 Å². The van der Waals surface area contributed by atoms with E-state index in [4.69, 9.17) is 23.4 Å². The van der Waals surface area contributed by atoms with Crippen molar-refractivity contribution in [3.8, 4) is 5.75 Å². The zero-order valence-corrected chi connectivity index (χ0v) is 28.2. The summed E-state index contributed by atoms with van der Waals surface area (Å²) in [5.74, 6) is 0.242. The van der Waals surface area contributed by atoms with Gasteiger partial charge >= 0.3 is 6.16 Å². The Morgan fingerprint density at radius 1 is 1.14 bits per heavy atom. The minimum atomic E-state index is -1.85. The number of allylic oxidation sites excluding steroid dienone is 1. The number of fused-ring (bicyclic) bond motifs is 1. The van der Waals surface area contributed by atoms with Crippen molar-refractivity contribution in [2.24, 2.45) is 23.2 Å². The lowest BCUT2D eigenvalue weighted by molar-refractivity contribution is -0.146. The Kier molecular flexibility index (Phi) is 9.42. The van der Waals surface area contributed by atoms with Crippen LogP contribution in [0.3, 0.4) is 0 Å². The standard InChI is InChI=1S/C34H52O7Si/c1-22(12-11-19-39-42(9,10)32(3,4)5)26-20-28-34(41-31(36)40-28)18-17-27(33(34,6)7)30(29(35)23(26)2)38-21-24-13-15-25(37-8)16-14-24/h13-16,23,26-28,30H,1,11-12,17-21H2,2-10H3/t23-,26-,27-,28+,30-,34-/m1/s1. The predicted octanol–water partition coefficient (Wildman–Crippen LogP) is 7.87. The maximum Gasteiger partial charge on any atom is 0.509 e. The maximum atomic E-state index is 14.4. The van der Waals surface area contributed by atoms with E-state index in [9.17, 15) is 9.59 Å². The molecular formula is C34H52O7Si. The fraction of sp³-hybridized carbons (Fsp3) is 0.706. The summed E-state index contributed by atoms with van der Waals surface area (Å²) in [4.78, 5) is 27.0. The number of ether oxygens (including phenoxy) is 4. The van der Waals surface area contributed by atoms with Crippen LogP contribution in [0.1, 0.15) is 79.2 Å². The molecule has 7 nitrogen and oxygen atoms in total. The Hall–Kier alpha value is -2.16. The lowest BCUT2D eigenvalue weighted by Crippen LogP contribution is -2.52. The summed E-state index contributed by atoms with van der Waals surface area (Å²) in [5.41, 5.74) is 0.650. The zero-order valence-electron chi connectivity index (χ0n) is 27.2. The summed E-state index contributed by atoms with van der Waals surface area (Å²) in [6.45, 7) is 22.9. The molecule has 1 aliphatic heterocycles. The molecule has 42 heavy (non-hydrogen) atoms. The highest BCUT2D eigenvalue weighted by Gasteiger charge is 2.69. The first-order valence-corrected chi connectivity index (χ1v) is 18.4. The van der Waals surface area contributed by atoms with Gasteiger partial charge in [-0.25, -0.2) is 4.79 Å². The molecule has 8 heteroatoms. The van der Waals surface area contributed by atoms with Crippen molar-refractivity contribution >= 4 is 20.3 Å². The number of hydrogen-bond acceptors (Lipinski definition) is 7. The summed E-state index contributed by atoms with van der Waals surface area (Å²) in [6, 6.07) is 7.72. The van der Waals surface area contributed by atoms with Gasteiger partial charge in [0.25, 0.3) is 0 Å².